The Balaban J connectivity index is 1.66. The van der Waals surface area contributed by atoms with Crippen LogP contribution in [0.1, 0.15) is 43.2 Å². The summed E-state index contributed by atoms with van der Waals surface area (Å²) in [5, 5.41) is 2.97. The molecule has 1 aliphatic heterocycles. The maximum absolute atomic E-state index is 12.6. The fourth-order valence-corrected chi connectivity index (χ4v) is 3.44. The van der Waals surface area contributed by atoms with E-state index in [2.05, 4.69) is 25.2 Å². The van der Waals surface area contributed by atoms with Crippen LogP contribution in [0.25, 0.3) is 0 Å². The molecule has 0 bridgehead atoms. The van der Waals surface area contributed by atoms with Crippen molar-refractivity contribution in [3.05, 3.63) is 29.3 Å². The summed E-state index contributed by atoms with van der Waals surface area (Å²) in [7, 11) is 0. The summed E-state index contributed by atoms with van der Waals surface area (Å²) < 4.78 is 0. The Kier molecular flexibility index (Phi) is 4.19. The van der Waals surface area contributed by atoms with E-state index >= 15 is 0 Å². The molecule has 0 unspecified atom stereocenters. The Morgan fingerprint density at radius 1 is 1.14 bits per heavy atom. The molecule has 1 aromatic rings. The second-order valence-electron chi connectivity index (χ2n) is 6.59. The van der Waals surface area contributed by atoms with Crippen LogP contribution in [0.5, 0.6) is 0 Å². The van der Waals surface area contributed by atoms with E-state index in [0.717, 1.165) is 31.4 Å². The molecule has 0 spiro atoms. The molecule has 1 aliphatic carbocycles. The van der Waals surface area contributed by atoms with Gasteiger partial charge in [-0.1, -0.05) is 18.9 Å². The minimum Gasteiger partial charge on any atom is -0.344 e. The summed E-state index contributed by atoms with van der Waals surface area (Å²) in [6.07, 6.45) is 4.89. The van der Waals surface area contributed by atoms with Gasteiger partial charge < -0.3 is 10.2 Å². The number of benzene rings is 1. The van der Waals surface area contributed by atoms with Gasteiger partial charge in [0.05, 0.1) is 0 Å². The highest BCUT2D eigenvalue weighted by Gasteiger charge is 2.35. The highest BCUT2D eigenvalue weighted by molar-refractivity contribution is 6.01. The maximum Gasteiger partial charge on any atom is 0.249 e. The zero-order valence-electron chi connectivity index (χ0n) is 13.4. The second kappa shape index (κ2) is 6.11. The lowest BCUT2D eigenvalue weighted by atomic mass is 10.1. The number of hydrogen-bond acceptors (Lipinski definition) is 2. The van der Waals surface area contributed by atoms with Gasteiger partial charge in [0, 0.05) is 18.2 Å². The van der Waals surface area contributed by atoms with Crippen molar-refractivity contribution in [2.45, 2.75) is 52.0 Å². The summed E-state index contributed by atoms with van der Waals surface area (Å²) >= 11 is 0. The van der Waals surface area contributed by atoms with E-state index in [4.69, 9.17) is 0 Å². The van der Waals surface area contributed by atoms with Crippen molar-refractivity contribution in [1.82, 2.24) is 5.32 Å². The molecule has 1 saturated heterocycles. The third-order valence-electron chi connectivity index (χ3n) is 5.05. The number of carbonyl (C=O) groups is 2. The molecule has 3 rings (SSSR count). The maximum atomic E-state index is 12.6. The topological polar surface area (TPSA) is 49.4 Å². The van der Waals surface area contributed by atoms with E-state index in [1.54, 1.807) is 4.90 Å². The SMILES string of the molecule is Cc1ccc(N2CC[C@@H](NC(=O)C3CCCC3)C2=O)cc1C. The van der Waals surface area contributed by atoms with Crippen molar-refractivity contribution in [2.75, 3.05) is 11.4 Å². The molecule has 2 amide bonds. The van der Waals surface area contributed by atoms with Crippen LogP contribution < -0.4 is 10.2 Å². The zero-order chi connectivity index (χ0) is 15.7. The van der Waals surface area contributed by atoms with Gasteiger partial charge in [-0.3, -0.25) is 9.59 Å². The molecule has 2 fully saturated rings. The van der Waals surface area contributed by atoms with Gasteiger partial charge in [-0.15, -0.1) is 0 Å². The molecule has 118 valence electrons. The highest BCUT2D eigenvalue weighted by Crippen LogP contribution is 2.27. The Hall–Kier alpha value is -1.84. The Morgan fingerprint density at radius 3 is 2.55 bits per heavy atom. The summed E-state index contributed by atoms with van der Waals surface area (Å²) in [4.78, 5) is 26.6. The van der Waals surface area contributed by atoms with E-state index in [1.807, 2.05) is 12.1 Å². The van der Waals surface area contributed by atoms with Crippen molar-refractivity contribution in [3.63, 3.8) is 0 Å². The first-order valence-corrected chi connectivity index (χ1v) is 8.25. The van der Waals surface area contributed by atoms with E-state index < -0.39 is 0 Å². The molecule has 4 heteroatoms. The average Bonchev–Trinajstić information content (AvgIpc) is 3.13. The number of amides is 2. The van der Waals surface area contributed by atoms with Crippen LogP contribution in [0.3, 0.4) is 0 Å². The first kappa shape index (κ1) is 15.1. The van der Waals surface area contributed by atoms with E-state index in [0.29, 0.717) is 13.0 Å². The molecule has 22 heavy (non-hydrogen) atoms. The Bertz CT molecular complexity index is 591. The van der Waals surface area contributed by atoms with Gasteiger partial charge in [0.25, 0.3) is 0 Å². The standard InChI is InChI=1S/C18H24N2O2/c1-12-7-8-15(11-13(12)2)20-10-9-16(18(20)22)19-17(21)14-5-3-4-6-14/h7-8,11,14,16H,3-6,9-10H2,1-2H3,(H,19,21)/t16-/m1/s1. The zero-order valence-corrected chi connectivity index (χ0v) is 13.4. The lowest BCUT2D eigenvalue weighted by Gasteiger charge is -2.19. The summed E-state index contributed by atoms with van der Waals surface area (Å²) in [5.41, 5.74) is 3.34. The molecule has 1 heterocycles. The smallest absolute Gasteiger partial charge is 0.249 e. The Labute approximate surface area is 131 Å². The fraction of sp³-hybridized carbons (Fsp3) is 0.556. The third kappa shape index (κ3) is 2.87. The van der Waals surface area contributed by atoms with Crippen molar-refractivity contribution in [1.29, 1.82) is 0 Å². The molecule has 1 aromatic carbocycles. The van der Waals surface area contributed by atoms with Crippen LogP contribution in [0.2, 0.25) is 0 Å². The quantitative estimate of drug-likeness (QED) is 0.933. The summed E-state index contributed by atoms with van der Waals surface area (Å²) in [5.74, 6) is 0.204. The van der Waals surface area contributed by atoms with Crippen LogP contribution in [-0.2, 0) is 9.59 Å². The second-order valence-corrected chi connectivity index (χ2v) is 6.59. The predicted octanol–water partition coefficient (Wildman–Crippen LogP) is 2.72. The van der Waals surface area contributed by atoms with E-state index in [-0.39, 0.29) is 23.8 Å². The average molecular weight is 300 g/mol. The van der Waals surface area contributed by atoms with Gasteiger partial charge in [0.2, 0.25) is 11.8 Å². The molecule has 0 radical (unpaired) electrons. The summed E-state index contributed by atoms with van der Waals surface area (Å²) in [6.45, 7) is 4.80. The molecule has 1 atom stereocenters. The van der Waals surface area contributed by atoms with Crippen molar-refractivity contribution in [2.24, 2.45) is 5.92 Å². The lowest BCUT2D eigenvalue weighted by molar-refractivity contribution is -0.129. The first-order chi connectivity index (χ1) is 10.6. The monoisotopic (exact) mass is 300 g/mol. The third-order valence-corrected chi connectivity index (χ3v) is 5.05. The lowest BCUT2D eigenvalue weighted by Crippen LogP contribution is -2.43. The largest absolute Gasteiger partial charge is 0.344 e. The number of aryl methyl sites for hydroxylation is 2. The van der Waals surface area contributed by atoms with Crippen LogP contribution in [0.15, 0.2) is 18.2 Å². The van der Waals surface area contributed by atoms with Gasteiger partial charge in [-0.2, -0.15) is 0 Å². The van der Waals surface area contributed by atoms with Crippen LogP contribution in [0, 0.1) is 19.8 Å². The van der Waals surface area contributed by atoms with Crippen LogP contribution in [-0.4, -0.2) is 24.4 Å². The minimum absolute atomic E-state index is 0.0228. The normalized spacial score (nSPS) is 22.4. The highest BCUT2D eigenvalue weighted by atomic mass is 16.2. The molecule has 2 aliphatic rings. The van der Waals surface area contributed by atoms with Crippen LogP contribution >= 0.6 is 0 Å². The molecule has 0 aromatic heterocycles. The number of hydrogen-bond donors (Lipinski definition) is 1. The van der Waals surface area contributed by atoms with Crippen molar-refractivity contribution >= 4 is 17.5 Å². The molecule has 1 N–H and O–H groups in total. The number of nitrogens with zero attached hydrogens (tertiary/aromatic N) is 1. The molecule has 1 saturated carbocycles. The first-order valence-electron chi connectivity index (χ1n) is 8.25. The fourth-order valence-electron chi connectivity index (χ4n) is 3.44. The van der Waals surface area contributed by atoms with Gasteiger partial charge in [-0.05, 0) is 56.4 Å². The van der Waals surface area contributed by atoms with Crippen molar-refractivity contribution < 1.29 is 9.59 Å². The van der Waals surface area contributed by atoms with Crippen LogP contribution in [0.4, 0.5) is 5.69 Å². The number of rotatable bonds is 3. The van der Waals surface area contributed by atoms with Gasteiger partial charge in [0.15, 0.2) is 0 Å². The van der Waals surface area contributed by atoms with Crippen molar-refractivity contribution in [3.8, 4) is 0 Å². The van der Waals surface area contributed by atoms with E-state index in [1.165, 1.54) is 11.1 Å². The number of nitrogens with one attached hydrogen (secondary N) is 1. The molecular formula is C18H24N2O2. The molecule has 4 nitrogen and oxygen atoms in total. The van der Waals surface area contributed by atoms with E-state index in [9.17, 15) is 9.59 Å². The van der Waals surface area contributed by atoms with Gasteiger partial charge in [-0.25, -0.2) is 0 Å². The minimum atomic E-state index is -0.352. The number of anilines is 1. The van der Waals surface area contributed by atoms with Gasteiger partial charge >= 0.3 is 0 Å². The number of carbonyl (C=O) groups excluding carboxylic acids is 2. The molecular weight excluding hydrogens is 276 g/mol. The summed E-state index contributed by atoms with van der Waals surface area (Å²) in [6, 6.07) is 5.73. The Morgan fingerprint density at radius 2 is 1.86 bits per heavy atom. The predicted molar refractivity (Wildman–Crippen MR) is 86.8 cm³/mol. The van der Waals surface area contributed by atoms with Gasteiger partial charge in [0.1, 0.15) is 6.04 Å².